The maximum atomic E-state index is 12.3. The Morgan fingerprint density at radius 3 is 2.61 bits per heavy atom. The highest BCUT2D eigenvalue weighted by Gasteiger charge is 2.20. The van der Waals surface area contributed by atoms with E-state index >= 15 is 0 Å². The van der Waals surface area contributed by atoms with Gasteiger partial charge in [-0.25, -0.2) is 18.1 Å². The van der Waals surface area contributed by atoms with Gasteiger partial charge in [0.15, 0.2) is 5.13 Å². The minimum atomic E-state index is -3.70. The van der Waals surface area contributed by atoms with Gasteiger partial charge < -0.3 is 0 Å². The van der Waals surface area contributed by atoms with Crippen LogP contribution in [0.4, 0.5) is 5.13 Å². The molecule has 0 radical (unpaired) electrons. The molecule has 2 rings (SSSR count). The van der Waals surface area contributed by atoms with Gasteiger partial charge in [-0.1, -0.05) is 11.6 Å². The topological polar surface area (TPSA) is 88.2 Å². The molecule has 0 aliphatic rings. The molecule has 9 heteroatoms. The number of sulfonamides is 1. The Bertz CT molecular complexity index is 832. The lowest BCUT2D eigenvalue weighted by molar-refractivity contribution is 0.102. The maximum Gasteiger partial charge on any atom is 0.259 e. The molecule has 0 spiro atoms. The Hall–Kier alpha value is -1.48. The Balaban J connectivity index is 2.32. The van der Waals surface area contributed by atoms with E-state index < -0.39 is 15.9 Å². The quantitative estimate of drug-likeness (QED) is 0.843. The van der Waals surface area contributed by atoms with Crippen LogP contribution in [0, 0.1) is 6.92 Å². The van der Waals surface area contributed by atoms with Crippen molar-refractivity contribution in [2.45, 2.75) is 31.7 Å². The number of carbonyl (C=O) groups excluding carboxylic acids is 1. The van der Waals surface area contributed by atoms with Gasteiger partial charge in [0.25, 0.3) is 5.91 Å². The Labute approximate surface area is 143 Å². The third-order valence-corrected chi connectivity index (χ3v) is 5.58. The summed E-state index contributed by atoms with van der Waals surface area (Å²) >= 11 is 7.31. The Morgan fingerprint density at radius 1 is 1.35 bits per heavy atom. The average molecular weight is 374 g/mol. The third kappa shape index (κ3) is 4.51. The van der Waals surface area contributed by atoms with Crippen LogP contribution in [0.25, 0.3) is 0 Å². The van der Waals surface area contributed by atoms with E-state index in [0.29, 0.717) is 5.13 Å². The summed E-state index contributed by atoms with van der Waals surface area (Å²) in [5.41, 5.74) is 0.861. The standard InChI is InChI=1S/C14H16ClN3O3S2/c1-8(2)18-23(20,21)10-4-5-12(15)11(6-10)13(19)17-14-16-9(3)7-22-14/h4-8,18H,1-3H3,(H,16,17,19). The van der Waals surface area contributed by atoms with E-state index in [-0.39, 0.29) is 21.5 Å². The maximum absolute atomic E-state index is 12.3. The number of hydrogen-bond acceptors (Lipinski definition) is 5. The van der Waals surface area contributed by atoms with E-state index in [9.17, 15) is 13.2 Å². The second-order valence-electron chi connectivity index (χ2n) is 5.17. The highest BCUT2D eigenvalue weighted by atomic mass is 35.5. The van der Waals surface area contributed by atoms with Crippen molar-refractivity contribution in [1.29, 1.82) is 0 Å². The van der Waals surface area contributed by atoms with Crippen LogP contribution in [0.2, 0.25) is 5.02 Å². The second kappa shape index (κ2) is 6.96. The van der Waals surface area contributed by atoms with Crippen LogP contribution in [0.15, 0.2) is 28.5 Å². The first-order valence-electron chi connectivity index (χ1n) is 6.74. The molecule has 1 heterocycles. The zero-order valence-corrected chi connectivity index (χ0v) is 15.1. The van der Waals surface area contributed by atoms with Crippen molar-refractivity contribution in [2.24, 2.45) is 0 Å². The van der Waals surface area contributed by atoms with Gasteiger partial charge in [0.05, 0.1) is 21.2 Å². The average Bonchev–Trinajstić information content (AvgIpc) is 2.82. The molecule has 1 amide bonds. The fraction of sp³-hybridized carbons (Fsp3) is 0.286. The molecule has 0 aliphatic carbocycles. The number of hydrogen-bond donors (Lipinski definition) is 2. The van der Waals surface area contributed by atoms with E-state index in [1.54, 1.807) is 19.2 Å². The molecular weight excluding hydrogens is 358 g/mol. The number of rotatable bonds is 5. The summed E-state index contributed by atoms with van der Waals surface area (Å²) < 4.78 is 26.8. The first-order valence-corrected chi connectivity index (χ1v) is 9.48. The summed E-state index contributed by atoms with van der Waals surface area (Å²) in [5.74, 6) is -0.508. The summed E-state index contributed by atoms with van der Waals surface area (Å²) in [5, 5.41) is 5.00. The number of aromatic nitrogens is 1. The number of halogens is 1. The van der Waals surface area contributed by atoms with Crippen molar-refractivity contribution in [1.82, 2.24) is 9.71 Å². The van der Waals surface area contributed by atoms with Crippen LogP contribution >= 0.6 is 22.9 Å². The molecule has 6 nitrogen and oxygen atoms in total. The van der Waals surface area contributed by atoms with Crippen molar-refractivity contribution in [2.75, 3.05) is 5.32 Å². The molecule has 1 aromatic carbocycles. The van der Waals surface area contributed by atoms with Crippen molar-refractivity contribution < 1.29 is 13.2 Å². The van der Waals surface area contributed by atoms with Crippen LogP contribution < -0.4 is 10.0 Å². The van der Waals surface area contributed by atoms with E-state index in [2.05, 4.69) is 15.0 Å². The predicted molar refractivity (Wildman–Crippen MR) is 91.7 cm³/mol. The molecule has 0 saturated carbocycles. The third-order valence-electron chi connectivity index (χ3n) is 2.72. The second-order valence-corrected chi connectivity index (χ2v) is 8.15. The van der Waals surface area contributed by atoms with Gasteiger partial charge in [-0.3, -0.25) is 10.1 Å². The van der Waals surface area contributed by atoms with Crippen molar-refractivity contribution >= 4 is 44.0 Å². The number of benzene rings is 1. The van der Waals surface area contributed by atoms with E-state index in [1.807, 2.05) is 6.92 Å². The van der Waals surface area contributed by atoms with Gasteiger partial charge in [-0.05, 0) is 39.0 Å². The number of aryl methyl sites for hydroxylation is 1. The normalized spacial score (nSPS) is 11.7. The predicted octanol–water partition coefficient (Wildman–Crippen LogP) is 3.04. The summed E-state index contributed by atoms with van der Waals surface area (Å²) in [6.45, 7) is 5.24. The molecule has 0 unspecified atom stereocenters. The van der Waals surface area contributed by atoms with Gasteiger partial charge in [0, 0.05) is 11.4 Å². The minimum absolute atomic E-state index is 0.0175. The van der Waals surface area contributed by atoms with E-state index in [1.165, 1.54) is 29.5 Å². The van der Waals surface area contributed by atoms with E-state index in [4.69, 9.17) is 11.6 Å². The number of thiazole rings is 1. The molecule has 0 fully saturated rings. The van der Waals surface area contributed by atoms with Crippen molar-refractivity contribution in [3.63, 3.8) is 0 Å². The lowest BCUT2D eigenvalue weighted by atomic mass is 10.2. The van der Waals surface area contributed by atoms with Crippen molar-refractivity contribution in [3.8, 4) is 0 Å². The lowest BCUT2D eigenvalue weighted by Gasteiger charge is -2.11. The lowest BCUT2D eigenvalue weighted by Crippen LogP contribution is -2.30. The monoisotopic (exact) mass is 373 g/mol. The first kappa shape index (κ1) is 17.9. The number of nitrogens with one attached hydrogen (secondary N) is 2. The van der Waals surface area contributed by atoms with Gasteiger partial charge in [-0.2, -0.15) is 0 Å². The highest BCUT2D eigenvalue weighted by Crippen LogP contribution is 2.23. The zero-order valence-electron chi connectivity index (χ0n) is 12.8. The molecule has 23 heavy (non-hydrogen) atoms. The zero-order chi connectivity index (χ0) is 17.2. The van der Waals surface area contributed by atoms with Gasteiger partial charge in [0.1, 0.15) is 0 Å². The molecule has 2 N–H and O–H groups in total. The fourth-order valence-electron chi connectivity index (χ4n) is 1.80. The molecule has 0 aliphatic heterocycles. The van der Waals surface area contributed by atoms with Crippen LogP contribution in [-0.2, 0) is 10.0 Å². The molecule has 124 valence electrons. The van der Waals surface area contributed by atoms with Crippen molar-refractivity contribution in [3.05, 3.63) is 39.9 Å². The summed E-state index contributed by atoms with van der Waals surface area (Å²) in [6, 6.07) is 3.74. The van der Waals surface area contributed by atoms with E-state index in [0.717, 1.165) is 5.69 Å². The van der Waals surface area contributed by atoms with Crippen LogP contribution in [0.5, 0.6) is 0 Å². The summed E-state index contributed by atoms with van der Waals surface area (Å²) in [4.78, 5) is 16.4. The summed E-state index contributed by atoms with van der Waals surface area (Å²) in [7, 11) is -3.70. The van der Waals surface area contributed by atoms with Crippen LogP contribution in [0.1, 0.15) is 29.9 Å². The highest BCUT2D eigenvalue weighted by molar-refractivity contribution is 7.89. The number of amides is 1. The summed E-state index contributed by atoms with van der Waals surface area (Å²) in [6.07, 6.45) is 0. The number of anilines is 1. The van der Waals surface area contributed by atoms with Gasteiger partial charge >= 0.3 is 0 Å². The molecule has 0 saturated heterocycles. The molecular formula is C14H16ClN3O3S2. The first-order chi connectivity index (χ1) is 10.7. The fourth-order valence-corrected chi connectivity index (χ4v) is 3.96. The largest absolute Gasteiger partial charge is 0.298 e. The molecule has 0 atom stereocenters. The Morgan fingerprint density at radius 2 is 2.04 bits per heavy atom. The Kier molecular flexibility index (Phi) is 5.41. The molecule has 0 bridgehead atoms. The van der Waals surface area contributed by atoms with Crippen LogP contribution in [-0.4, -0.2) is 25.4 Å². The van der Waals surface area contributed by atoms with Gasteiger partial charge in [-0.15, -0.1) is 11.3 Å². The van der Waals surface area contributed by atoms with Gasteiger partial charge in [0.2, 0.25) is 10.0 Å². The van der Waals surface area contributed by atoms with Crippen LogP contribution in [0.3, 0.4) is 0 Å². The number of nitrogens with zero attached hydrogens (tertiary/aromatic N) is 1. The molecule has 2 aromatic rings. The molecule has 1 aromatic heterocycles. The minimum Gasteiger partial charge on any atom is -0.298 e. The SMILES string of the molecule is Cc1csc(NC(=O)c2cc(S(=O)(=O)NC(C)C)ccc2Cl)n1. The smallest absolute Gasteiger partial charge is 0.259 e. The number of carbonyl (C=O) groups is 1.